The van der Waals surface area contributed by atoms with E-state index < -0.39 is 11.9 Å². The van der Waals surface area contributed by atoms with E-state index in [1.165, 1.54) is 56.9 Å². The number of rotatable bonds is 14. The van der Waals surface area contributed by atoms with Crippen LogP contribution in [-0.4, -0.2) is 87.4 Å². The average molecular weight is 576 g/mol. The van der Waals surface area contributed by atoms with Crippen molar-refractivity contribution >= 4 is 11.9 Å². The first-order chi connectivity index (χ1) is 19.8. The topological polar surface area (TPSA) is 142 Å². The van der Waals surface area contributed by atoms with Gasteiger partial charge in [-0.05, 0) is 12.1 Å². The van der Waals surface area contributed by atoms with Crippen molar-refractivity contribution in [3.05, 3.63) is 35.7 Å². The molecule has 1 heterocycles. The first kappa shape index (κ1) is 30.9. The van der Waals surface area contributed by atoms with Crippen LogP contribution in [0.3, 0.4) is 0 Å². The van der Waals surface area contributed by atoms with Crippen molar-refractivity contribution in [1.82, 2.24) is 4.98 Å². The zero-order valence-corrected chi connectivity index (χ0v) is 24.1. The molecule has 13 heteroatoms. The van der Waals surface area contributed by atoms with Crippen LogP contribution < -0.4 is 28.4 Å². The number of carbonyl (C=O) groups is 2. The summed E-state index contributed by atoms with van der Waals surface area (Å²) in [6, 6.07) is 6.33. The molecule has 1 aromatic heterocycles. The van der Waals surface area contributed by atoms with Crippen molar-refractivity contribution in [1.29, 1.82) is 0 Å². The number of carbonyl (C=O) groups excluding carboxylic acids is 2. The number of hydrogen-bond acceptors (Lipinski definition) is 12. The van der Waals surface area contributed by atoms with Gasteiger partial charge in [0.05, 0.1) is 42.7 Å². The Hall–Kier alpha value is -4.62. The van der Waals surface area contributed by atoms with Gasteiger partial charge in [0.15, 0.2) is 36.6 Å². The van der Waals surface area contributed by atoms with Gasteiger partial charge in [0, 0.05) is 48.6 Å². The van der Waals surface area contributed by atoms with Crippen molar-refractivity contribution in [2.75, 3.05) is 70.5 Å². The minimum absolute atomic E-state index is 0.0788. The first-order valence-corrected chi connectivity index (χ1v) is 12.0. The Kier molecular flexibility index (Phi) is 10.7. The summed E-state index contributed by atoms with van der Waals surface area (Å²) < 4.78 is 54.2. The highest BCUT2D eigenvalue weighted by Crippen LogP contribution is 2.50. The molecule has 0 atom stereocenters. The zero-order valence-electron chi connectivity index (χ0n) is 24.1. The maximum absolute atomic E-state index is 13.2. The van der Waals surface area contributed by atoms with Crippen LogP contribution in [0.5, 0.6) is 34.5 Å². The molecule has 0 amide bonds. The summed E-state index contributed by atoms with van der Waals surface area (Å²) in [4.78, 5) is 29.2. The van der Waals surface area contributed by atoms with E-state index in [-0.39, 0.29) is 47.6 Å². The van der Waals surface area contributed by atoms with Crippen molar-refractivity contribution in [3.63, 3.8) is 0 Å². The van der Waals surface area contributed by atoms with Gasteiger partial charge in [-0.2, -0.15) is 0 Å². The van der Waals surface area contributed by atoms with Gasteiger partial charge in [-0.1, -0.05) is 0 Å². The minimum Gasteiger partial charge on any atom is -0.493 e. The number of aromatic nitrogens is 1. The monoisotopic (exact) mass is 575 g/mol. The van der Waals surface area contributed by atoms with Crippen molar-refractivity contribution in [2.45, 2.75) is 0 Å². The van der Waals surface area contributed by atoms with E-state index in [0.717, 1.165) is 0 Å². The Morgan fingerprint density at radius 3 is 1.17 bits per heavy atom. The second kappa shape index (κ2) is 14.1. The number of H-pyrrole nitrogens is 1. The van der Waals surface area contributed by atoms with Gasteiger partial charge < -0.3 is 52.4 Å². The van der Waals surface area contributed by atoms with Crippen LogP contribution in [0.1, 0.15) is 21.0 Å². The highest BCUT2D eigenvalue weighted by atomic mass is 16.7. The summed E-state index contributed by atoms with van der Waals surface area (Å²) in [6.07, 6.45) is 0. The number of methoxy groups -OCH3 is 8. The molecule has 222 valence electrons. The third kappa shape index (κ3) is 6.26. The summed E-state index contributed by atoms with van der Waals surface area (Å²) in [5.74, 6) is 0.269. The second-order valence-corrected chi connectivity index (χ2v) is 8.12. The van der Waals surface area contributed by atoms with Crippen LogP contribution in [0.4, 0.5) is 0 Å². The van der Waals surface area contributed by atoms with E-state index in [2.05, 4.69) is 4.98 Å². The molecule has 0 aliphatic heterocycles. The molecule has 13 nitrogen and oxygen atoms in total. The molecular formula is C28H33NO12. The molecule has 0 aliphatic carbocycles. The van der Waals surface area contributed by atoms with E-state index in [4.69, 9.17) is 47.4 Å². The fourth-order valence-corrected chi connectivity index (χ4v) is 4.14. The smallest absolute Gasteiger partial charge is 0.355 e. The number of ether oxygens (including phenoxy) is 10. The molecule has 0 aliphatic rings. The largest absolute Gasteiger partial charge is 0.493 e. The number of benzene rings is 2. The van der Waals surface area contributed by atoms with Crippen LogP contribution in [0.2, 0.25) is 0 Å². The Bertz CT molecular complexity index is 1280. The normalized spacial score (nSPS) is 10.5. The standard InChI is InChI=1S/C28H33NO12/c1-32-13-40-17-11-21(36-5)19(34-3)9-15(17)23-24(26(28(31)39-8)29-25(23)27(30)38-7)16-10-20(35-4)22(37-6)12-18(16)41-14-33-2/h9-12,29H,13-14H2,1-8H3. The molecule has 3 rings (SSSR count). The number of nitrogens with one attached hydrogen (secondary N) is 1. The molecule has 0 unspecified atom stereocenters. The molecule has 2 aromatic carbocycles. The average Bonchev–Trinajstić information content (AvgIpc) is 3.41. The van der Waals surface area contributed by atoms with Gasteiger partial charge in [0.2, 0.25) is 0 Å². The van der Waals surface area contributed by atoms with Gasteiger partial charge in [-0.3, -0.25) is 0 Å². The molecule has 0 fully saturated rings. The fourth-order valence-electron chi connectivity index (χ4n) is 4.14. The van der Waals surface area contributed by atoms with Crippen molar-refractivity contribution in [2.24, 2.45) is 0 Å². The molecule has 0 saturated carbocycles. The highest BCUT2D eigenvalue weighted by molar-refractivity contribution is 6.10. The van der Waals surface area contributed by atoms with E-state index >= 15 is 0 Å². The maximum atomic E-state index is 13.2. The predicted molar refractivity (Wildman–Crippen MR) is 146 cm³/mol. The van der Waals surface area contributed by atoms with Gasteiger partial charge >= 0.3 is 11.9 Å². The van der Waals surface area contributed by atoms with E-state index in [9.17, 15) is 9.59 Å². The fraction of sp³-hybridized carbons (Fsp3) is 0.357. The molecule has 41 heavy (non-hydrogen) atoms. The molecule has 0 spiro atoms. The lowest BCUT2D eigenvalue weighted by atomic mass is 9.92. The third-order valence-corrected chi connectivity index (χ3v) is 5.95. The molecule has 0 bridgehead atoms. The van der Waals surface area contributed by atoms with Crippen LogP contribution >= 0.6 is 0 Å². The Labute approximate surface area is 237 Å². The Morgan fingerprint density at radius 1 is 0.537 bits per heavy atom. The molecule has 3 aromatic rings. The summed E-state index contributed by atoms with van der Waals surface area (Å²) >= 11 is 0. The van der Waals surface area contributed by atoms with Gasteiger partial charge in [0.1, 0.15) is 22.9 Å². The predicted octanol–water partition coefficient (Wildman–Crippen LogP) is 3.92. The van der Waals surface area contributed by atoms with Crippen molar-refractivity contribution < 1.29 is 57.0 Å². The summed E-state index contributed by atoms with van der Waals surface area (Å²) in [5.41, 5.74) is 0.912. The summed E-state index contributed by atoms with van der Waals surface area (Å²) in [5, 5.41) is 0. The minimum atomic E-state index is -0.774. The Balaban J connectivity index is 2.58. The second-order valence-electron chi connectivity index (χ2n) is 8.12. The van der Waals surface area contributed by atoms with E-state index in [0.29, 0.717) is 34.1 Å². The molecular weight excluding hydrogens is 542 g/mol. The zero-order chi connectivity index (χ0) is 30.1. The van der Waals surface area contributed by atoms with Crippen LogP contribution in [0, 0.1) is 0 Å². The van der Waals surface area contributed by atoms with Crippen LogP contribution in [0.15, 0.2) is 24.3 Å². The lowest BCUT2D eigenvalue weighted by Crippen LogP contribution is -2.06. The first-order valence-electron chi connectivity index (χ1n) is 12.0. The highest BCUT2D eigenvalue weighted by Gasteiger charge is 2.33. The number of hydrogen-bond donors (Lipinski definition) is 1. The molecule has 0 radical (unpaired) electrons. The SMILES string of the molecule is COCOc1cc(OC)c(OC)cc1-c1c(C(=O)OC)[nH]c(C(=O)OC)c1-c1cc(OC)c(OC)cc1OCOC. The van der Waals surface area contributed by atoms with Crippen LogP contribution in [-0.2, 0) is 18.9 Å². The van der Waals surface area contributed by atoms with Gasteiger partial charge in [-0.25, -0.2) is 9.59 Å². The van der Waals surface area contributed by atoms with E-state index in [1.54, 1.807) is 24.3 Å². The van der Waals surface area contributed by atoms with Gasteiger partial charge in [-0.15, -0.1) is 0 Å². The van der Waals surface area contributed by atoms with Gasteiger partial charge in [0.25, 0.3) is 0 Å². The van der Waals surface area contributed by atoms with Crippen molar-refractivity contribution in [3.8, 4) is 56.8 Å². The lowest BCUT2D eigenvalue weighted by molar-refractivity contribution is 0.0510. The number of aromatic amines is 1. The number of esters is 2. The molecule has 1 N–H and O–H groups in total. The summed E-state index contributed by atoms with van der Waals surface area (Å²) in [7, 11) is 11.2. The Morgan fingerprint density at radius 2 is 0.878 bits per heavy atom. The third-order valence-electron chi connectivity index (χ3n) is 5.95. The quantitative estimate of drug-likeness (QED) is 0.220. The summed E-state index contributed by atoms with van der Waals surface area (Å²) in [6.45, 7) is -0.281. The van der Waals surface area contributed by atoms with Crippen LogP contribution in [0.25, 0.3) is 22.3 Å². The maximum Gasteiger partial charge on any atom is 0.355 e. The molecule has 0 saturated heterocycles. The van der Waals surface area contributed by atoms with E-state index in [1.807, 2.05) is 0 Å². The lowest BCUT2D eigenvalue weighted by Gasteiger charge is -2.19.